The summed E-state index contributed by atoms with van der Waals surface area (Å²) in [5, 5.41) is 12.5. The molecular weight excluding hydrogens is 210 g/mol. The lowest BCUT2D eigenvalue weighted by Gasteiger charge is -2.12. The van der Waals surface area contributed by atoms with Crippen molar-refractivity contribution in [3.8, 4) is 6.07 Å². The van der Waals surface area contributed by atoms with E-state index in [0.717, 1.165) is 12.1 Å². The van der Waals surface area contributed by atoms with Crippen LogP contribution in [-0.2, 0) is 0 Å². The Balaban J connectivity index is 2.77. The Bertz CT molecular complexity index is 371. The first kappa shape index (κ1) is 11.8. The van der Waals surface area contributed by atoms with Crippen LogP contribution in [0.3, 0.4) is 0 Å². The van der Waals surface area contributed by atoms with E-state index in [1.165, 1.54) is 0 Å². The maximum atomic E-state index is 8.92. The molecular formula is C11H14ClN3. The topological polar surface area (TPSA) is 61.8 Å². The van der Waals surface area contributed by atoms with Crippen molar-refractivity contribution in [2.75, 3.05) is 11.9 Å². The Labute approximate surface area is 94.8 Å². The predicted octanol–water partition coefficient (Wildman–Crippen LogP) is 2.36. The van der Waals surface area contributed by atoms with Gasteiger partial charge in [0.15, 0.2) is 0 Å². The summed E-state index contributed by atoms with van der Waals surface area (Å²) in [6.07, 6.45) is 0.898. The quantitative estimate of drug-likeness (QED) is 0.824. The monoisotopic (exact) mass is 223 g/mol. The second kappa shape index (κ2) is 5.59. The van der Waals surface area contributed by atoms with Gasteiger partial charge in [0.1, 0.15) is 6.07 Å². The minimum atomic E-state index is 0.0931. The minimum absolute atomic E-state index is 0.0931. The molecule has 1 aromatic rings. The smallest absolute Gasteiger partial charge is 0.103 e. The van der Waals surface area contributed by atoms with Gasteiger partial charge in [-0.25, -0.2) is 0 Å². The highest BCUT2D eigenvalue weighted by atomic mass is 35.5. The molecule has 0 radical (unpaired) electrons. The van der Waals surface area contributed by atoms with E-state index in [9.17, 15) is 0 Å². The molecule has 4 heteroatoms. The Morgan fingerprint density at radius 1 is 1.60 bits per heavy atom. The Morgan fingerprint density at radius 3 is 2.93 bits per heavy atom. The normalized spacial score (nSPS) is 11.9. The van der Waals surface area contributed by atoms with E-state index in [4.69, 9.17) is 22.6 Å². The highest BCUT2D eigenvalue weighted by Gasteiger charge is 2.06. The van der Waals surface area contributed by atoms with Gasteiger partial charge in [-0.1, -0.05) is 24.6 Å². The fraction of sp³-hybridized carbons (Fsp3) is 0.364. The van der Waals surface area contributed by atoms with E-state index in [0.29, 0.717) is 17.1 Å². The van der Waals surface area contributed by atoms with Crippen LogP contribution in [0.1, 0.15) is 18.9 Å². The predicted molar refractivity (Wildman–Crippen MR) is 62.9 cm³/mol. The van der Waals surface area contributed by atoms with Crippen molar-refractivity contribution in [3.05, 3.63) is 28.8 Å². The first-order valence-electron chi connectivity index (χ1n) is 4.87. The number of benzene rings is 1. The molecule has 1 aromatic carbocycles. The summed E-state index contributed by atoms with van der Waals surface area (Å²) in [6, 6.07) is 7.50. The third-order valence-electron chi connectivity index (χ3n) is 2.20. The first-order valence-corrected chi connectivity index (χ1v) is 5.25. The number of halogens is 1. The van der Waals surface area contributed by atoms with Crippen LogP contribution in [0.5, 0.6) is 0 Å². The van der Waals surface area contributed by atoms with Gasteiger partial charge in [-0.2, -0.15) is 5.26 Å². The fourth-order valence-electron chi connectivity index (χ4n) is 1.17. The number of nitrogens with zero attached hydrogens (tertiary/aromatic N) is 1. The lowest BCUT2D eigenvalue weighted by atomic mass is 10.1. The summed E-state index contributed by atoms with van der Waals surface area (Å²) < 4.78 is 0. The van der Waals surface area contributed by atoms with Crippen LogP contribution in [0, 0.1) is 11.3 Å². The van der Waals surface area contributed by atoms with Gasteiger partial charge >= 0.3 is 0 Å². The largest absolute Gasteiger partial charge is 0.382 e. The standard InChI is InChI=1S/C11H14ClN3/c1-2-8(14)7-15-11-5-3-4-10(12)9(11)6-13/h3-5,8,15H,2,7,14H2,1H3. The second-order valence-electron chi connectivity index (χ2n) is 3.32. The van der Waals surface area contributed by atoms with E-state index in [2.05, 4.69) is 11.4 Å². The zero-order valence-corrected chi connectivity index (χ0v) is 9.38. The zero-order chi connectivity index (χ0) is 11.3. The van der Waals surface area contributed by atoms with Crippen molar-refractivity contribution >= 4 is 17.3 Å². The highest BCUT2D eigenvalue weighted by molar-refractivity contribution is 6.32. The van der Waals surface area contributed by atoms with Crippen molar-refractivity contribution in [3.63, 3.8) is 0 Å². The third kappa shape index (κ3) is 3.12. The summed E-state index contributed by atoms with van der Waals surface area (Å²) in [5.74, 6) is 0. The molecule has 1 unspecified atom stereocenters. The minimum Gasteiger partial charge on any atom is -0.382 e. The van der Waals surface area contributed by atoms with Crippen molar-refractivity contribution in [2.45, 2.75) is 19.4 Å². The van der Waals surface area contributed by atoms with Gasteiger partial charge in [-0.15, -0.1) is 0 Å². The number of rotatable bonds is 4. The molecule has 1 atom stereocenters. The van der Waals surface area contributed by atoms with Gasteiger partial charge in [0, 0.05) is 12.6 Å². The molecule has 15 heavy (non-hydrogen) atoms. The van der Waals surface area contributed by atoms with Crippen LogP contribution in [0.2, 0.25) is 5.02 Å². The summed E-state index contributed by atoms with van der Waals surface area (Å²) in [7, 11) is 0. The SMILES string of the molecule is CCC(N)CNc1cccc(Cl)c1C#N. The van der Waals surface area contributed by atoms with Crippen LogP contribution in [0.15, 0.2) is 18.2 Å². The third-order valence-corrected chi connectivity index (χ3v) is 2.52. The maximum Gasteiger partial charge on any atom is 0.103 e. The molecule has 0 saturated carbocycles. The lowest BCUT2D eigenvalue weighted by Crippen LogP contribution is -2.28. The molecule has 0 aromatic heterocycles. The van der Waals surface area contributed by atoms with Gasteiger partial charge in [0.2, 0.25) is 0 Å². The number of hydrogen-bond donors (Lipinski definition) is 2. The number of nitrogens with one attached hydrogen (secondary N) is 1. The number of nitrogens with two attached hydrogens (primary N) is 1. The molecule has 0 aliphatic rings. The van der Waals surface area contributed by atoms with Crippen molar-refractivity contribution in [2.24, 2.45) is 5.73 Å². The number of nitriles is 1. The summed E-state index contributed by atoms with van der Waals surface area (Å²) >= 11 is 5.88. The zero-order valence-electron chi connectivity index (χ0n) is 8.63. The van der Waals surface area contributed by atoms with E-state index >= 15 is 0 Å². The van der Waals surface area contributed by atoms with E-state index in [1.54, 1.807) is 6.07 Å². The van der Waals surface area contributed by atoms with Crippen LogP contribution in [-0.4, -0.2) is 12.6 Å². The van der Waals surface area contributed by atoms with Crippen LogP contribution in [0.25, 0.3) is 0 Å². The fourth-order valence-corrected chi connectivity index (χ4v) is 1.39. The number of anilines is 1. The average molecular weight is 224 g/mol. The molecule has 3 N–H and O–H groups in total. The molecule has 0 saturated heterocycles. The molecule has 3 nitrogen and oxygen atoms in total. The molecule has 0 amide bonds. The van der Waals surface area contributed by atoms with Gasteiger partial charge in [-0.3, -0.25) is 0 Å². The average Bonchev–Trinajstić information content (AvgIpc) is 2.25. The van der Waals surface area contributed by atoms with Crippen LogP contribution < -0.4 is 11.1 Å². The summed E-state index contributed by atoms with van der Waals surface area (Å²) in [4.78, 5) is 0. The molecule has 0 fully saturated rings. The molecule has 1 rings (SSSR count). The van der Waals surface area contributed by atoms with Gasteiger partial charge in [-0.05, 0) is 18.6 Å². The van der Waals surface area contributed by atoms with E-state index in [-0.39, 0.29) is 6.04 Å². The van der Waals surface area contributed by atoms with Gasteiger partial charge in [0.05, 0.1) is 16.3 Å². The maximum absolute atomic E-state index is 8.92. The lowest BCUT2D eigenvalue weighted by molar-refractivity contribution is 0.679. The van der Waals surface area contributed by atoms with Gasteiger partial charge < -0.3 is 11.1 Å². The van der Waals surface area contributed by atoms with Crippen LogP contribution >= 0.6 is 11.6 Å². The second-order valence-corrected chi connectivity index (χ2v) is 3.73. The summed E-state index contributed by atoms with van der Waals surface area (Å²) in [5.41, 5.74) is 6.99. The molecule has 0 heterocycles. The molecule has 0 bridgehead atoms. The Kier molecular flexibility index (Phi) is 4.41. The van der Waals surface area contributed by atoms with Crippen LogP contribution in [0.4, 0.5) is 5.69 Å². The summed E-state index contributed by atoms with van der Waals surface area (Å²) in [6.45, 7) is 2.67. The molecule has 0 spiro atoms. The van der Waals surface area contributed by atoms with Crippen molar-refractivity contribution in [1.82, 2.24) is 0 Å². The number of hydrogen-bond acceptors (Lipinski definition) is 3. The Morgan fingerprint density at radius 2 is 2.33 bits per heavy atom. The molecule has 0 aliphatic carbocycles. The Hall–Kier alpha value is -1.24. The molecule has 0 aliphatic heterocycles. The van der Waals surface area contributed by atoms with E-state index in [1.807, 2.05) is 19.1 Å². The van der Waals surface area contributed by atoms with E-state index < -0.39 is 0 Å². The van der Waals surface area contributed by atoms with Crippen molar-refractivity contribution < 1.29 is 0 Å². The molecule has 80 valence electrons. The van der Waals surface area contributed by atoms with Gasteiger partial charge in [0.25, 0.3) is 0 Å². The highest BCUT2D eigenvalue weighted by Crippen LogP contribution is 2.22. The first-order chi connectivity index (χ1) is 7.19. The van der Waals surface area contributed by atoms with Crippen molar-refractivity contribution in [1.29, 1.82) is 5.26 Å².